The Morgan fingerprint density at radius 3 is 1.85 bits per heavy atom. The number of rotatable bonds is 3. The van der Waals surface area contributed by atoms with Crippen molar-refractivity contribution in [3.8, 4) is 0 Å². The van der Waals surface area contributed by atoms with Gasteiger partial charge in [-0.05, 0) is 34.1 Å². The summed E-state index contributed by atoms with van der Waals surface area (Å²) in [5.74, 6) is -2.58. The van der Waals surface area contributed by atoms with Gasteiger partial charge in [-0.2, -0.15) is 0 Å². The fourth-order valence-corrected chi connectivity index (χ4v) is 3.41. The molecule has 0 amide bonds. The second-order valence-corrected chi connectivity index (χ2v) is 6.80. The van der Waals surface area contributed by atoms with Crippen molar-refractivity contribution in [3.63, 3.8) is 0 Å². The second-order valence-electron chi connectivity index (χ2n) is 6.80. The number of nitrogens with zero attached hydrogens (tertiary/aromatic N) is 3. The second kappa shape index (κ2) is 6.24. The molecule has 0 saturated carbocycles. The van der Waals surface area contributed by atoms with Crippen molar-refractivity contribution >= 4 is 0 Å². The number of halogens is 2. The van der Waals surface area contributed by atoms with E-state index in [-0.39, 0.29) is 12.6 Å². The zero-order valence-electron chi connectivity index (χ0n) is 13.3. The molecule has 2 fully saturated rings. The first-order valence-corrected chi connectivity index (χ1v) is 7.91. The van der Waals surface area contributed by atoms with Gasteiger partial charge in [-0.15, -0.1) is 0 Å². The third-order valence-corrected chi connectivity index (χ3v) is 4.84. The molecule has 2 saturated heterocycles. The molecule has 1 atom stereocenters. The van der Waals surface area contributed by atoms with Crippen LogP contribution in [-0.2, 0) is 0 Å². The summed E-state index contributed by atoms with van der Waals surface area (Å²) >= 11 is 0. The predicted molar refractivity (Wildman–Crippen MR) is 78.3 cm³/mol. The van der Waals surface area contributed by atoms with Crippen molar-refractivity contribution in [1.82, 2.24) is 14.7 Å². The topological polar surface area (TPSA) is 9.72 Å². The van der Waals surface area contributed by atoms with Gasteiger partial charge in [-0.25, -0.2) is 8.78 Å². The van der Waals surface area contributed by atoms with Crippen LogP contribution in [0.25, 0.3) is 0 Å². The van der Waals surface area contributed by atoms with Crippen molar-refractivity contribution in [2.45, 2.75) is 58.2 Å². The molecule has 0 N–H and O–H groups in total. The van der Waals surface area contributed by atoms with E-state index in [1.807, 2.05) is 23.6 Å². The van der Waals surface area contributed by atoms with Gasteiger partial charge in [0.15, 0.2) is 0 Å². The monoisotopic (exact) mass is 289 g/mol. The molecule has 1 unspecified atom stereocenters. The zero-order chi connectivity index (χ0) is 14.9. The molecule has 0 aromatic carbocycles. The molecule has 5 heteroatoms. The highest BCUT2D eigenvalue weighted by molar-refractivity contribution is 4.95. The Morgan fingerprint density at radius 1 is 0.850 bits per heavy atom. The molecule has 0 aromatic heterocycles. The van der Waals surface area contributed by atoms with Gasteiger partial charge in [0.1, 0.15) is 0 Å². The number of alkyl halides is 2. The Bertz CT molecular complexity index is 312. The Balaban J connectivity index is 1.93. The van der Waals surface area contributed by atoms with E-state index in [1.165, 1.54) is 0 Å². The molecule has 3 nitrogen and oxygen atoms in total. The lowest BCUT2D eigenvalue weighted by molar-refractivity contribution is -0.138. The van der Waals surface area contributed by atoms with E-state index in [4.69, 9.17) is 0 Å². The average molecular weight is 289 g/mol. The summed E-state index contributed by atoms with van der Waals surface area (Å²) in [6, 6.07) is 0.159. The molecule has 0 aliphatic carbocycles. The van der Waals surface area contributed by atoms with Gasteiger partial charge in [0.25, 0.3) is 5.92 Å². The van der Waals surface area contributed by atoms with Crippen LogP contribution in [0.1, 0.15) is 34.1 Å². The molecule has 2 heterocycles. The molecule has 0 bridgehead atoms. The first-order valence-electron chi connectivity index (χ1n) is 7.91. The number of likely N-dealkylation sites (tertiary alicyclic amines) is 1. The van der Waals surface area contributed by atoms with E-state index in [0.29, 0.717) is 12.5 Å². The van der Waals surface area contributed by atoms with Crippen molar-refractivity contribution in [3.05, 3.63) is 0 Å². The number of piperidine rings is 1. The van der Waals surface area contributed by atoms with E-state index in [2.05, 4.69) is 18.7 Å². The Labute approximate surface area is 121 Å². The van der Waals surface area contributed by atoms with Crippen molar-refractivity contribution < 1.29 is 8.78 Å². The van der Waals surface area contributed by atoms with Crippen LogP contribution in [0.4, 0.5) is 8.78 Å². The highest BCUT2D eigenvalue weighted by atomic mass is 19.3. The molecular weight excluding hydrogens is 260 g/mol. The van der Waals surface area contributed by atoms with Gasteiger partial charge in [0.05, 0.1) is 12.6 Å². The molecule has 2 rings (SSSR count). The van der Waals surface area contributed by atoms with Crippen LogP contribution in [0.3, 0.4) is 0 Å². The summed E-state index contributed by atoms with van der Waals surface area (Å²) in [4.78, 5) is 6.30. The fourth-order valence-electron chi connectivity index (χ4n) is 3.41. The normalized spacial score (nSPS) is 30.3. The summed E-state index contributed by atoms with van der Waals surface area (Å²) in [5.41, 5.74) is 0. The molecular formula is C15H29F2N3. The smallest absolute Gasteiger partial charge is 0.275 e. The molecule has 0 aromatic rings. The van der Waals surface area contributed by atoms with E-state index in [1.54, 1.807) is 0 Å². The maximum Gasteiger partial charge on any atom is 0.275 e. The van der Waals surface area contributed by atoms with Crippen LogP contribution < -0.4 is 0 Å². The first-order chi connectivity index (χ1) is 9.31. The van der Waals surface area contributed by atoms with Crippen LogP contribution in [-0.4, -0.2) is 78.0 Å². The van der Waals surface area contributed by atoms with Crippen LogP contribution >= 0.6 is 0 Å². The van der Waals surface area contributed by atoms with Gasteiger partial charge in [-0.3, -0.25) is 14.7 Å². The summed E-state index contributed by atoms with van der Waals surface area (Å²) in [5, 5.41) is 0. The standard InChI is InChI=1S/C15H29F2N3/c1-12(2)18-7-9-19(10-8-18)14-5-6-20(13(3)4)11-15(14,16)17/h12-14H,5-11H2,1-4H3. The fraction of sp³-hybridized carbons (Fsp3) is 1.00. The summed E-state index contributed by atoms with van der Waals surface area (Å²) in [6.45, 7) is 12.4. The third kappa shape index (κ3) is 3.49. The van der Waals surface area contributed by atoms with Crippen LogP contribution in [0.5, 0.6) is 0 Å². The van der Waals surface area contributed by atoms with E-state index in [0.717, 1.165) is 32.7 Å². The minimum atomic E-state index is -2.58. The molecule has 20 heavy (non-hydrogen) atoms. The summed E-state index contributed by atoms with van der Waals surface area (Å²) < 4.78 is 28.8. The molecule has 0 spiro atoms. The summed E-state index contributed by atoms with van der Waals surface area (Å²) in [6.07, 6.45) is 0.590. The average Bonchev–Trinajstić information content (AvgIpc) is 2.37. The quantitative estimate of drug-likeness (QED) is 0.788. The van der Waals surface area contributed by atoms with E-state index < -0.39 is 12.0 Å². The highest BCUT2D eigenvalue weighted by Gasteiger charge is 2.48. The Hall–Kier alpha value is -0.260. The lowest BCUT2D eigenvalue weighted by Crippen LogP contribution is -2.62. The Kier molecular flexibility index (Phi) is 5.03. The van der Waals surface area contributed by atoms with Crippen molar-refractivity contribution in [1.29, 1.82) is 0 Å². The lowest BCUT2D eigenvalue weighted by atomic mass is 9.97. The predicted octanol–water partition coefficient (Wildman–Crippen LogP) is 2.13. The third-order valence-electron chi connectivity index (χ3n) is 4.84. The van der Waals surface area contributed by atoms with E-state index >= 15 is 0 Å². The number of hydrogen-bond acceptors (Lipinski definition) is 3. The van der Waals surface area contributed by atoms with Crippen molar-refractivity contribution in [2.75, 3.05) is 39.3 Å². The molecule has 2 aliphatic rings. The number of piperazine rings is 1. The van der Waals surface area contributed by atoms with Crippen LogP contribution in [0, 0.1) is 0 Å². The molecule has 2 aliphatic heterocycles. The van der Waals surface area contributed by atoms with Crippen molar-refractivity contribution in [2.24, 2.45) is 0 Å². The summed E-state index contributed by atoms with van der Waals surface area (Å²) in [7, 11) is 0. The maximum absolute atomic E-state index is 14.4. The van der Waals surface area contributed by atoms with Gasteiger partial charge in [-0.1, -0.05) is 0 Å². The Morgan fingerprint density at radius 2 is 1.40 bits per heavy atom. The van der Waals surface area contributed by atoms with Gasteiger partial charge < -0.3 is 0 Å². The largest absolute Gasteiger partial charge is 0.298 e. The first kappa shape index (κ1) is 16.1. The SMILES string of the molecule is CC(C)N1CCN(C2CCN(C(C)C)CC2(F)F)CC1. The van der Waals surface area contributed by atoms with Gasteiger partial charge in [0.2, 0.25) is 0 Å². The molecule has 118 valence electrons. The van der Waals surface area contributed by atoms with Gasteiger partial charge >= 0.3 is 0 Å². The van der Waals surface area contributed by atoms with Crippen LogP contribution in [0.15, 0.2) is 0 Å². The lowest BCUT2D eigenvalue weighted by Gasteiger charge is -2.47. The highest BCUT2D eigenvalue weighted by Crippen LogP contribution is 2.32. The maximum atomic E-state index is 14.4. The number of hydrogen-bond donors (Lipinski definition) is 0. The van der Waals surface area contributed by atoms with E-state index in [9.17, 15) is 8.78 Å². The zero-order valence-corrected chi connectivity index (χ0v) is 13.3. The minimum absolute atomic E-state index is 0.0836. The van der Waals surface area contributed by atoms with Crippen LogP contribution in [0.2, 0.25) is 0 Å². The molecule has 0 radical (unpaired) electrons. The minimum Gasteiger partial charge on any atom is -0.298 e. The van der Waals surface area contributed by atoms with Gasteiger partial charge in [0, 0.05) is 44.8 Å².